The van der Waals surface area contributed by atoms with Gasteiger partial charge in [0.15, 0.2) is 0 Å². The van der Waals surface area contributed by atoms with E-state index in [2.05, 4.69) is 53.8 Å². The summed E-state index contributed by atoms with van der Waals surface area (Å²) in [6.07, 6.45) is 1.93. The summed E-state index contributed by atoms with van der Waals surface area (Å²) in [5.74, 6) is 0.862. The van der Waals surface area contributed by atoms with E-state index in [0.29, 0.717) is 17.3 Å². The molecule has 0 radical (unpaired) electrons. The molecular weight excluding hydrogens is 426 g/mol. The van der Waals surface area contributed by atoms with Gasteiger partial charge in [-0.1, -0.05) is 26.0 Å². The number of aryl methyl sites for hydroxylation is 1. The predicted octanol–water partition coefficient (Wildman–Crippen LogP) is 4.25. The first-order chi connectivity index (χ1) is 16.4. The molecule has 1 saturated heterocycles. The lowest BCUT2D eigenvalue weighted by atomic mass is 9.96. The Morgan fingerprint density at radius 1 is 1.12 bits per heavy atom. The number of hydrogen-bond donors (Lipinski definition) is 0. The summed E-state index contributed by atoms with van der Waals surface area (Å²) in [5.41, 5.74) is 3.86. The van der Waals surface area contributed by atoms with Crippen LogP contribution in [-0.4, -0.2) is 46.7 Å². The van der Waals surface area contributed by atoms with Crippen LogP contribution in [0.5, 0.6) is 5.75 Å². The summed E-state index contributed by atoms with van der Waals surface area (Å²) in [7, 11) is 3.44. The van der Waals surface area contributed by atoms with Crippen LogP contribution in [0.1, 0.15) is 50.9 Å². The van der Waals surface area contributed by atoms with Crippen molar-refractivity contribution < 1.29 is 4.74 Å². The summed E-state index contributed by atoms with van der Waals surface area (Å²) in [4.78, 5) is 22.4. The Balaban J connectivity index is 1.73. The van der Waals surface area contributed by atoms with Gasteiger partial charge in [0.2, 0.25) is 0 Å². The number of methoxy groups -OCH3 is 1. The van der Waals surface area contributed by atoms with Gasteiger partial charge < -0.3 is 14.2 Å². The Kier molecular flexibility index (Phi) is 6.90. The molecule has 0 bridgehead atoms. The average Bonchev–Trinajstić information content (AvgIpc) is 2.89. The second-order valence-electron chi connectivity index (χ2n) is 9.03. The topological polar surface area (TPSA) is 74.4 Å². The SMILES string of the molecule is CCC1CN(c2cc(=O)n(C)c3ccc(C#N)nc23)[C@@H](CC)CN1C(C)c1ccc(OC)cc1. The maximum absolute atomic E-state index is 12.8. The highest BCUT2D eigenvalue weighted by Crippen LogP contribution is 2.34. The number of ether oxygens (including phenoxy) is 1. The summed E-state index contributed by atoms with van der Waals surface area (Å²) in [6.45, 7) is 8.36. The molecule has 1 aliphatic rings. The summed E-state index contributed by atoms with van der Waals surface area (Å²) in [5, 5.41) is 9.43. The fourth-order valence-corrected chi connectivity index (χ4v) is 5.12. The number of benzene rings is 1. The van der Waals surface area contributed by atoms with E-state index in [1.54, 1.807) is 30.9 Å². The molecule has 4 rings (SSSR count). The Hall–Kier alpha value is -3.37. The molecule has 3 aromatic rings. The molecule has 0 spiro atoms. The van der Waals surface area contributed by atoms with Crippen LogP contribution in [0, 0.1) is 11.3 Å². The number of aromatic nitrogens is 2. The minimum absolute atomic E-state index is 0.0639. The third-order valence-corrected chi connectivity index (χ3v) is 7.27. The second-order valence-corrected chi connectivity index (χ2v) is 9.03. The number of fused-ring (bicyclic) bond motifs is 1. The van der Waals surface area contributed by atoms with Crippen molar-refractivity contribution in [3.8, 4) is 11.8 Å². The number of anilines is 1. The average molecular weight is 460 g/mol. The highest BCUT2D eigenvalue weighted by atomic mass is 16.5. The van der Waals surface area contributed by atoms with Crippen LogP contribution in [0.3, 0.4) is 0 Å². The molecule has 0 saturated carbocycles. The maximum Gasteiger partial charge on any atom is 0.252 e. The smallest absolute Gasteiger partial charge is 0.252 e. The molecule has 3 atom stereocenters. The van der Waals surface area contributed by atoms with Crippen LogP contribution >= 0.6 is 0 Å². The van der Waals surface area contributed by atoms with Gasteiger partial charge in [0.1, 0.15) is 23.0 Å². The third kappa shape index (κ3) is 4.26. The van der Waals surface area contributed by atoms with Gasteiger partial charge in [0, 0.05) is 44.3 Å². The van der Waals surface area contributed by atoms with Gasteiger partial charge in [-0.05, 0) is 49.6 Å². The van der Waals surface area contributed by atoms with Crippen molar-refractivity contribution in [1.29, 1.82) is 5.26 Å². The fraction of sp³-hybridized carbons (Fsp3) is 0.444. The van der Waals surface area contributed by atoms with Gasteiger partial charge in [-0.3, -0.25) is 9.69 Å². The number of pyridine rings is 2. The standard InChI is InChI=1S/C27H33N5O2/c1-6-21-17-32(25-14-26(33)30(4)24-13-10-20(15-28)29-27(24)25)22(7-2)16-31(21)18(3)19-8-11-23(34-5)12-9-19/h8-14,18,21-22H,6-7,16-17H2,1-5H3/t18?,21?,22-/m0/s1. The molecule has 1 aromatic carbocycles. The molecule has 1 fully saturated rings. The molecule has 0 aliphatic carbocycles. The maximum atomic E-state index is 12.8. The van der Waals surface area contributed by atoms with Crippen molar-refractivity contribution in [2.24, 2.45) is 7.05 Å². The van der Waals surface area contributed by atoms with Crippen molar-refractivity contribution in [3.63, 3.8) is 0 Å². The molecule has 0 N–H and O–H groups in total. The van der Waals surface area contributed by atoms with Gasteiger partial charge >= 0.3 is 0 Å². The van der Waals surface area contributed by atoms with Crippen LogP contribution < -0.4 is 15.2 Å². The Morgan fingerprint density at radius 2 is 1.82 bits per heavy atom. The Morgan fingerprint density at radius 3 is 2.44 bits per heavy atom. The molecule has 0 amide bonds. The van der Waals surface area contributed by atoms with Crippen LogP contribution in [0.4, 0.5) is 5.69 Å². The monoisotopic (exact) mass is 459 g/mol. The Labute approximate surface area is 201 Å². The molecule has 2 aromatic heterocycles. The number of nitriles is 1. The van der Waals surface area contributed by atoms with E-state index in [4.69, 9.17) is 4.74 Å². The first kappa shape index (κ1) is 23.8. The second kappa shape index (κ2) is 9.86. The predicted molar refractivity (Wildman–Crippen MR) is 135 cm³/mol. The first-order valence-electron chi connectivity index (χ1n) is 12.0. The quantitative estimate of drug-likeness (QED) is 0.549. The van der Waals surface area contributed by atoms with E-state index in [9.17, 15) is 10.1 Å². The summed E-state index contributed by atoms with van der Waals surface area (Å²) >= 11 is 0. The zero-order chi connectivity index (χ0) is 24.4. The molecule has 7 heteroatoms. The largest absolute Gasteiger partial charge is 0.497 e. The zero-order valence-electron chi connectivity index (χ0n) is 20.7. The molecule has 178 valence electrons. The number of piperazine rings is 1. The fourth-order valence-electron chi connectivity index (χ4n) is 5.12. The van der Waals surface area contributed by atoms with Crippen LogP contribution in [0.15, 0.2) is 47.3 Å². The highest BCUT2D eigenvalue weighted by Gasteiger charge is 2.36. The molecule has 2 unspecified atom stereocenters. The van der Waals surface area contributed by atoms with E-state index < -0.39 is 0 Å². The lowest BCUT2D eigenvalue weighted by molar-refractivity contribution is 0.101. The van der Waals surface area contributed by atoms with Gasteiger partial charge in [0.05, 0.1) is 18.3 Å². The van der Waals surface area contributed by atoms with Gasteiger partial charge in [-0.15, -0.1) is 0 Å². The number of nitrogens with zero attached hydrogens (tertiary/aromatic N) is 5. The number of rotatable bonds is 6. The van der Waals surface area contributed by atoms with Crippen LogP contribution in [0.25, 0.3) is 11.0 Å². The molecular formula is C27H33N5O2. The zero-order valence-corrected chi connectivity index (χ0v) is 20.7. The molecule has 3 heterocycles. The van der Waals surface area contributed by atoms with Crippen molar-refractivity contribution in [2.45, 2.75) is 51.7 Å². The van der Waals surface area contributed by atoms with Crippen molar-refractivity contribution in [1.82, 2.24) is 14.5 Å². The minimum Gasteiger partial charge on any atom is -0.497 e. The lowest BCUT2D eigenvalue weighted by Crippen LogP contribution is -2.58. The minimum atomic E-state index is -0.0639. The molecule has 34 heavy (non-hydrogen) atoms. The van der Waals surface area contributed by atoms with Crippen molar-refractivity contribution >= 4 is 16.7 Å². The van der Waals surface area contributed by atoms with E-state index >= 15 is 0 Å². The lowest BCUT2D eigenvalue weighted by Gasteiger charge is -2.49. The molecule has 1 aliphatic heterocycles. The van der Waals surface area contributed by atoms with Gasteiger partial charge in [-0.25, -0.2) is 4.98 Å². The van der Waals surface area contributed by atoms with Gasteiger partial charge in [0.25, 0.3) is 5.56 Å². The third-order valence-electron chi connectivity index (χ3n) is 7.27. The Bertz CT molecular complexity index is 1260. The van der Waals surface area contributed by atoms with E-state index in [-0.39, 0.29) is 17.6 Å². The summed E-state index contributed by atoms with van der Waals surface area (Å²) in [6, 6.07) is 16.5. The van der Waals surface area contributed by atoms with Crippen LogP contribution in [0.2, 0.25) is 0 Å². The van der Waals surface area contributed by atoms with E-state index in [1.807, 2.05) is 18.2 Å². The van der Waals surface area contributed by atoms with E-state index in [1.165, 1.54) is 5.56 Å². The van der Waals surface area contributed by atoms with Crippen molar-refractivity contribution in [3.05, 3.63) is 64.1 Å². The first-order valence-corrected chi connectivity index (χ1v) is 12.0. The van der Waals surface area contributed by atoms with E-state index in [0.717, 1.165) is 42.9 Å². The van der Waals surface area contributed by atoms with Gasteiger partial charge in [-0.2, -0.15) is 5.26 Å². The number of hydrogen-bond acceptors (Lipinski definition) is 6. The van der Waals surface area contributed by atoms with Crippen LogP contribution in [-0.2, 0) is 7.05 Å². The highest BCUT2D eigenvalue weighted by molar-refractivity contribution is 5.89. The normalized spacial score (nSPS) is 19.7. The van der Waals surface area contributed by atoms with Crippen molar-refractivity contribution in [2.75, 3.05) is 25.1 Å². The molecule has 7 nitrogen and oxygen atoms in total. The summed E-state index contributed by atoms with van der Waals surface area (Å²) < 4.78 is 6.93.